The molecule has 3 heterocycles. The van der Waals surface area contributed by atoms with Gasteiger partial charge in [0, 0.05) is 41.6 Å². The van der Waals surface area contributed by atoms with Crippen LogP contribution in [0.5, 0.6) is 0 Å². The van der Waals surface area contributed by atoms with Gasteiger partial charge in [-0.25, -0.2) is 9.78 Å². The smallest absolute Gasteiger partial charge is 0.412 e. The number of amides is 1. The van der Waals surface area contributed by atoms with Crippen molar-refractivity contribution in [3.05, 3.63) is 71.1 Å². The van der Waals surface area contributed by atoms with E-state index in [1.54, 1.807) is 0 Å². The number of anilines is 1. The third-order valence-corrected chi connectivity index (χ3v) is 6.97. The zero-order valence-corrected chi connectivity index (χ0v) is 22.9. The molecule has 2 aromatic carbocycles. The Morgan fingerprint density at radius 2 is 1.92 bits per heavy atom. The van der Waals surface area contributed by atoms with Crippen LogP contribution >= 0.6 is 15.9 Å². The molecule has 0 radical (unpaired) electrons. The zero-order valence-electron chi connectivity index (χ0n) is 21.3. The van der Waals surface area contributed by atoms with Crippen LogP contribution in [0.15, 0.2) is 65.5 Å². The van der Waals surface area contributed by atoms with Gasteiger partial charge in [-0.1, -0.05) is 18.2 Å². The highest BCUT2D eigenvalue weighted by atomic mass is 79.9. The lowest BCUT2D eigenvalue weighted by atomic mass is 10.0. The van der Waals surface area contributed by atoms with Gasteiger partial charge in [-0.2, -0.15) is 5.10 Å². The molecule has 37 heavy (non-hydrogen) atoms. The number of likely N-dealkylation sites (tertiary alicyclic amines) is 1. The lowest BCUT2D eigenvalue weighted by Gasteiger charge is -2.32. The Labute approximate surface area is 225 Å². The molecule has 192 valence electrons. The number of carbonyl (C=O) groups is 1. The molecule has 1 amide bonds. The summed E-state index contributed by atoms with van der Waals surface area (Å²) in [6.07, 6.45) is 7.37. The van der Waals surface area contributed by atoms with Crippen LogP contribution in [0.25, 0.3) is 22.3 Å². The molecule has 1 fully saturated rings. The molecule has 1 aliphatic heterocycles. The first-order valence-electron chi connectivity index (χ1n) is 12.5. The minimum absolute atomic E-state index is 0.352. The summed E-state index contributed by atoms with van der Waals surface area (Å²) in [5, 5.41) is 7.49. The van der Waals surface area contributed by atoms with Crippen molar-refractivity contribution in [3.8, 4) is 11.3 Å². The second kappa shape index (κ2) is 10.6. The molecule has 0 saturated carbocycles. The van der Waals surface area contributed by atoms with Crippen LogP contribution in [0.1, 0.15) is 45.2 Å². The van der Waals surface area contributed by atoms with Gasteiger partial charge in [-0.15, -0.1) is 0 Å². The molecule has 1 N–H and O–H groups in total. The van der Waals surface area contributed by atoms with Crippen molar-refractivity contribution in [1.82, 2.24) is 24.6 Å². The molecule has 0 bridgehead atoms. The maximum absolute atomic E-state index is 12.1. The first-order valence-corrected chi connectivity index (χ1v) is 13.3. The molecule has 5 rings (SSSR count). The lowest BCUT2D eigenvalue weighted by Crippen LogP contribution is -2.34. The summed E-state index contributed by atoms with van der Waals surface area (Å²) in [5.41, 5.74) is 4.89. The maximum atomic E-state index is 12.1. The zero-order chi connectivity index (χ0) is 26.0. The number of rotatable bonds is 5. The fraction of sp³-hybridized carbons (Fsp3) is 0.357. The summed E-state index contributed by atoms with van der Waals surface area (Å²) in [4.78, 5) is 23.9. The SMILES string of the molecule is CC(C)(C)OC(=O)Nc1cccc(CN2CCC(n3cc(-c4cnc5cccc(Br)c5n4)cn3)CC2)c1. The number of nitrogens with zero attached hydrogens (tertiary/aromatic N) is 5. The van der Waals surface area contributed by atoms with Gasteiger partial charge in [0.2, 0.25) is 0 Å². The van der Waals surface area contributed by atoms with Crippen LogP contribution in [0.3, 0.4) is 0 Å². The van der Waals surface area contributed by atoms with Gasteiger partial charge >= 0.3 is 6.09 Å². The van der Waals surface area contributed by atoms with Crippen molar-refractivity contribution >= 4 is 38.7 Å². The highest BCUT2D eigenvalue weighted by molar-refractivity contribution is 9.10. The van der Waals surface area contributed by atoms with Gasteiger partial charge in [0.1, 0.15) is 11.1 Å². The molecular weight excluding hydrogens is 532 g/mol. The fourth-order valence-corrected chi connectivity index (χ4v) is 5.02. The normalized spacial score (nSPS) is 15.1. The molecule has 2 aromatic heterocycles. The molecule has 0 atom stereocenters. The van der Waals surface area contributed by atoms with Gasteiger partial charge in [-0.3, -0.25) is 19.9 Å². The third-order valence-electron chi connectivity index (χ3n) is 6.33. The Balaban J connectivity index is 1.18. The summed E-state index contributed by atoms with van der Waals surface area (Å²) in [5.74, 6) is 0. The Kier molecular flexibility index (Phi) is 7.26. The highest BCUT2D eigenvalue weighted by Crippen LogP contribution is 2.28. The van der Waals surface area contributed by atoms with Crippen LogP contribution in [0, 0.1) is 0 Å². The average molecular weight is 564 g/mol. The number of ether oxygens (including phenoxy) is 1. The lowest BCUT2D eigenvalue weighted by molar-refractivity contribution is 0.0636. The van der Waals surface area contributed by atoms with Crippen molar-refractivity contribution in [2.45, 2.75) is 51.8 Å². The van der Waals surface area contributed by atoms with Gasteiger partial charge in [-0.05, 0) is 79.4 Å². The largest absolute Gasteiger partial charge is 0.444 e. The molecule has 1 saturated heterocycles. The van der Waals surface area contributed by atoms with Gasteiger partial charge in [0.25, 0.3) is 0 Å². The number of halogens is 1. The molecule has 1 aliphatic rings. The molecule has 0 aliphatic carbocycles. The van der Waals surface area contributed by atoms with Crippen LogP contribution in [0.4, 0.5) is 10.5 Å². The number of piperidine rings is 1. The molecular formula is C28H31BrN6O2. The number of hydrogen-bond donors (Lipinski definition) is 1. The number of aromatic nitrogens is 4. The van der Waals surface area contributed by atoms with Crippen molar-refractivity contribution in [3.63, 3.8) is 0 Å². The number of nitrogens with one attached hydrogen (secondary N) is 1. The minimum atomic E-state index is -0.526. The van der Waals surface area contributed by atoms with E-state index in [2.05, 4.69) is 53.2 Å². The Morgan fingerprint density at radius 1 is 1.14 bits per heavy atom. The van der Waals surface area contributed by atoms with E-state index in [1.165, 1.54) is 0 Å². The average Bonchev–Trinajstić information content (AvgIpc) is 3.34. The van der Waals surface area contributed by atoms with Gasteiger partial charge in [0.05, 0.1) is 29.6 Å². The molecule has 0 spiro atoms. The molecule has 4 aromatic rings. The molecule has 8 nitrogen and oxygen atoms in total. The van der Waals surface area contributed by atoms with Gasteiger partial charge in [0.15, 0.2) is 0 Å². The van der Waals surface area contributed by atoms with E-state index in [0.29, 0.717) is 6.04 Å². The predicted molar refractivity (Wildman–Crippen MR) is 148 cm³/mol. The summed E-state index contributed by atoms with van der Waals surface area (Å²) < 4.78 is 8.37. The third kappa shape index (κ3) is 6.34. The standard InChI is InChI=1S/C28H31BrN6O2/c1-28(2,3)37-27(36)32-21-7-4-6-19(14-21)17-34-12-10-22(11-13-34)35-18-20(15-31-35)25-16-30-24-9-5-8-23(29)26(24)33-25/h4-9,14-16,18,22H,10-13,17H2,1-3H3,(H,32,36). The van der Waals surface area contributed by atoms with Crippen molar-refractivity contribution < 1.29 is 9.53 Å². The van der Waals surface area contributed by atoms with E-state index in [1.807, 2.05) is 69.6 Å². The van der Waals surface area contributed by atoms with Gasteiger partial charge < -0.3 is 4.74 Å². The van der Waals surface area contributed by atoms with E-state index in [0.717, 1.165) is 70.5 Å². The quantitative estimate of drug-likeness (QED) is 0.301. The minimum Gasteiger partial charge on any atom is -0.444 e. The summed E-state index contributed by atoms with van der Waals surface area (Å²) in [6, 6.07) is 14.2. The number of hydrogen-bond acceptors (Lipinski definition) is 6. The number of carbonyl (C=O) groups excluding carboxylic acids is 1. The highest BCUT2D eigenvalue weighted by Gasteiger charge is 2.22. The fourth-order valence-electron chi connectivity index (χ4n) is 4.58. The first-order chi connectivity index (χ1) is 17.7. The van der Waals surface area contributed by atoms with E-state index >= 15 is 0 Å². The van der Waals surface area contributed by atoms with E-state index in [4.69, 9.17) is 9.72 Å². The Hall–Kier alpha value is -3.30. The molecule has 9 heteroatoms. The van der Waals surface area contributed by atoms with Crippen molar-refractivity contribution in [2.75, 3.05) is 18.4 Å². The number of fused-ring (bicyclic) bond motifs is 1. The maximum Gasteiger partial charge on any atom is 0.412 e. The van der Waals surface area contributed by atoms with E-state index in [-0.39, 0.29) is 0 Å². The van der Waals surface area contributed by atoms with Crippen LogP contribution in [0.2, 0.25) is 0 Å². The summed E-state index contributed by atoms with van der Waals surface area (Å²) in [7, 11) is 0. The Bertz CT molecular complexity index is 1410. The second-order valence-electron chi connectivity index (χ2n) is 10.4. The van der Waals surface area contributed by atoms with E-state index < -0.39 is 11.7 Å². The van der Waals surface area contributed by atoms with Crippen molar-refractivity contribution in [1.29, 1.82) is 0 Å². The van der Waals surface area contributed by atoms with E-state index in [9.17, 15) is 4.79 Å². The first kappa shape index (κ1) is 25.4. The molecule has 0 unspecified atom stereocenters. The van der Waals surface area contributed by atoms with Crippen LogP contribution in [-0.2, 0) is 11.3 Å². The van der Waals surface area contributed by atoms with Crippen LogP contribution < -0.4 is 5.32 Å². The summed E-state index contributed by atoms with van der Waals surface area (Å²) >= 11 is 3.57. The summed E-state index contributed by atoms with van der Waals surface area (Å²) in [6.45, 7) is 8.36. The number of para-hydroxylation sites is 1. The monoisotopic (exact) mass is 562 g/mol. The number of benzene rings is 2. The Morgan fingerprint density at radius 3 is 2.70 bits per heavy atom. The van der Waals surface area contributed by atoms with Crippen molar-refractivity contribution in [2.24, 2.45) is 0 Å². The predicted octanol–water partition coefficient (Wildman–Crippen LogP) is 6.44. The second-order valence-corrected chi connectivity index (χ2v) is 11.3. The van der Waals surface area contributed by atoms with Crippen LogP contribution in [-0.4, -0.2) is 49.4 Å². The topological polar surface area (TPSA) is 85.2 Å².